The first kappa shape index (κ1) is 30.6. The summed E-state index contributed by atoms with van der Waals surface area (Å²) in [5.74, 6) is -3.01. The first-order chi connectivity index (χ1) is 18.9. The molecule has 0 aliphatic carbocycles. The molecule has 3 rings (SSSR count). The zero-order valence-corrected chi connectivity index (χ0v) is 23.6. The minimum atomic E-state index is -4.11. The lowest BCUT2D eigenvalue weighted by molar-refractivity contribution is -0.140. The van der Waals surface area contributed by atoms with Gasteiger partial charge in [-0.3, -0.25) is 13.9 Å². The van der Waals surface area contributed by atoms with Crippen LogP contribution in [0.3, 0.4) is 0 Å². The molecule has 0 aliphatic heterocycles. The molecule has 0 unspecified atom stereocenters. The van der Waals surface area contributed by atoms with Crippen molar-refractivity contribution in [2.24, 2.45) is 0 Å². The van der Waals surface area contributed by atoms with Gasteiger partial charge < -0.3 is 15.0 Å². The Morgan fingerprint density at radius 2 is 1.60 bits per heavy atom. The quantitative estimate of drug-likeness (QED) is 0.355. The highest BCUT2D eigenvalue weighted by molar-refractivity contribution is 7.92. The van der Waals surface area contributed by atoms with Gasteiger partial charge in [-0.05, 0) is 49.2 Å². The number of amides is 2. The second-order valence-corrected chi connectivity index (χ2v) is 11.5. The number of nitrogens with zero attached hydrogens (tertiary/aromatic N) is 2. The number of nitrogens with one attached hydrogen (secondary N) is 1. The monoisotopic (exact) mass is 573 g/mol. The fourth-order valence-electron chi connectivity index (χ4n) is 4.16. The van der Waals surface area contributed by atoms with Crippen molar-refractivity contribution in [3.63, 3.8) is 0 Å². The van der Waals surface area contributed by atoms with Crippen LogP contribution in [0.25, 0.3) is 0 Å². The lowest BCUT2D eigenvalue weighted by atomic mass is 10.0. The van der Waals surface area contributed by atoms with Crippen molar-refractivity contribution >= 4 is 27.5 Å². The summed E-state index contributed by atoms with van der Waals surface area (Å²) in [6.45, 7) is 2.79. The molecule has 0 fully saturated rings. The molecule has 0 bridgehead atoms. The van der Waals surface area contributed by atoms with Crippen molar-refractivity contribution in [1.82, 2.24) is 10.2 Å². The van der Waals surface area contributed by atoms with Crippen LogP contribution >= 0.6 is 0 Å². The summed E-state index contributed by atoms with van der Waals surface area (Å²) in [4.78, 5) is 28.7. The summed E-state index contributed by atoms with van der Waals surface area (Å²) in [5, 5.41) is 2.86. The van der Waals surface area contributed by atoms with Gasteiger partial charge in [-0.15, -0.1) is 0 Å². The van der Waals surface area contributed by atoms with Crippen LogP contribution in [0.5, 0.6) is 5.75 Å². The average Bonchev–Trinajstić information content (AvgIpc) is 2.90. The molecule has 0 radical (unpaired) electrons. The molecular weight excluding hydrogens is 540 g/mol. The van der Waals surface area contributed by atoms with E-state index in [1.54, 1.807) is 38.1 Å². The highest BCUT2D eigenvalue weighted by Gasteiger charge is 2.33. The minimum Gasteiger partial charge on any atom is -0.497 e. The maximum atomic E-state index is 14.0. The third-order valence-corrected chi connectivity index (χ3v) is 7.20. The van der Waals surface area contributed by atoms with Crippen LogP contribution in [0.4, 0.5) is 14.5 Å². The van der Waals surface area contributed by atoms with Gasteiger partial charge in [0.15, 0.2) is 11.6 Å². The van der Waals surface area contributed by atoms with Crippen LogP contribution in [-0.2, 0) is 32.6 Å². The second kappa shape index (κ2) is 13.4. The van der Waals surface area contributed by atoms with E-state index in [1.165, 1.54) is 12.0 Å². The molecule has 3 aromatic rings. The number of sulfonamides is 1. The minimum absolute atomic E-state index is 0.0472. The van der Waals surface area contributed by atoms with Gasteiger partial charge in [-0.2, -0.15) is 0 Å². The van der Waals surface area contributed by atoms with Crippen molar-refractivity contribution in [3.8, 4) is 5.75 Å². The molecular formula is C29H33F2N3O5S. The molecule has 1 atom stereocenters. The third kappa shape index (κ3) is 8.25. The van der Waals surface area contributed by atoms with Crippen LogP contribution in [0.2, 0.25) is 0 Å². The van der Waals surface area contributed by atoms with Gasteiger partial charge in [-0.25, -0.2) is 17.2 Å². The van der Waals surface area contributed by atoms with Crippen LogP contribution in [-0.4, -0.2) is 57.1 Å². The van der Waals surface area contributed by atoms with Gasteiger partial charge in [0.2, 0.25) is 21.8 Å². The Morgan fingerprint density at radius 3 is 2.20 bits per heavy atom. The van der Waals surface area contributed by atoms with Gasteiger partial charge in [0.25, 0.3) is 0 Å². The molecule has 0 heterocycles. The number of carbonyl (C=O) groups is 2. The summed E-state index contributed by atoms with van der Waals surface area (Å²) in [6.07, 6.45) is 1.01. The lowest BCUT2D eigenvalue weighted by Gasteiger charge is -2.34. The zero-order valence-electron chi connectivity index (χ0n) is 22.8. The van der Waals surface area contributed by atoms with Crippen LogP contribution in [0, 0.1) is 11.6 Å². The largest absolute Gasteiger partial charge is 0.497 e. The number of halogens is 2. The highest BCUT2D eigenvalue weighted by Crippen LogP contribution is 2.23. The third-order valence-electron chi connectivity index (χ3n) is 6.06. The summed E-state index contributed by atoms with van der Waals surface area (Å²) in [7, 11) is -2.61. The van der Waals surface area contributed by atoms with E-state index in [2.05, 4.69) is 5.32 Å². The number of methoxy groups -OCH3 is 1. The van der Waals surface area contributed by atoms with E-state index in [-0.39, 0.29) is 24.7 Å². The Labute approximate surface area is 233 Å². The molecule has 0 saturated heterocycles. The Kier molecular flexibility index (Phi) is 10.2. The van der Waals surface area contributed by atoms with E-state index >= 15 is 0 Å². The van der Waals surface area contributed by atoms with Crippen molar-refractivity contribution in [3.05, 3.63) is 95.6 Å². The summed E-state index contributed by atoms with van der Waals surface area (Å²) >= 11 is 0. The first-order valence-corrected chi connectivity index (χ1v) is 14.4. The Balaban J connectivity index is 2.08. The maximum Gasteiger partial charge on any atom is 0.244 e. The van der Waals surface area contributed by atoms with Gasteiger partial charge in [-0.1, -0.05) is 42.5 Å². The lowest BCUT2D eigenvalue weighted by Crippen LogP contribution is -2.54. The number of hydrogen-bond donors (Lipinski definition) is 1. The van der Waals surface area contributed by atoms with Gasteiger partial charge >= 0.3 is 0 Å². The number of rotatable bonds is 12. The van der Waals surface area contributed by atoms with Crippen molar-refractivity contribution in [2.75, 3.05) is 24.2 Å². The zero-order chi connectivity index (χ0) is 29.4. The number of carbonyl (C=O) groups excluding carboxylic acids is 2. The van der Waals surface area contributed by atoms with Gasteiger partial charge in [0, 0.05) is 25.1 Å². The van der Waals surface area contributed by atoms with Crippen molar-refractivity contribution in [2.45, 2.75) is 38.9 Å². The van der Waals surface area contributed by atoms with Crippen LogP contribution < -0.4 is 14.4 Å². The van der Waals surface area contributed by atoms with E-state index in [0.717, 1.165) is 24.0 Å². The molecule has 2 amide bonds. The smallest absolute Gasteiger partial charge is 0.244 e. The Morgan fingerprint density at radius 1 is 0.925 bits per heavy atom. The summed E-state index contributed by atoms with van der Waals surface area (Å²) < 4.78 is 59.0. The molecule has 11 heteroatoms. The normalized spacial score (nSPS) is 12.1. The van der Waals surface area contributed by atoms with Crippen LogP contribution in [0.15, 0.2) is 72.8 Å². The van der Waals surface area contributed by atoms with Crippen LogP contribution in [0.1, 0.15) is 25.0 Å². The van der Waals surface area contributed by atoms with E-state index in [1.807, 2.05) is 30.3 Å². The standard InChI is InChI=1S/C29H33F2N3O5S/c1-20(2)32-29(36)27(16-21-9-6-5-7-10-21)33(18-22-11-8-12-24(15-22)39-3)28(35)19-34(40(4,37)38)23-13-14-25(30)26(31)17-23/h5-15,17,20,27H,16,18-19H2,1-4H3,(H,32,36)/t27-/m0/s1. The number of anilines is 1. The summed E-state index contributed by atoms with van der Waals surface area (Å²) in [5.41, 5.74) is 1.21. The molecule has 0 aliphatic rings. The molecule has 3 aromatic carbocycles. The van der Waals surface area contributed by atoms with E-state index in [9.17, 15) is 26.8 Å². The van der Waals surface area contributed by atoms with Gasteiger partial charge in [0.05, 0.1) is 19.1 Å². The predicted molar refractivity (Wildman–Crippen MR) is 149 cm³/mol. The molecule has 40 heavy (non-hydrogen) atoms. The fraction of sp³-hybridized carbons (Fsp3) is 0.310. The molecule has 0 saturated carbocycles. The Hall–Kier alpha value is -3.99. The molecule has 0 aromatic heterocycles. The first-order valence-electron chi connectivity index (χ1n) is 12.6. The predicted octanol–water partition coefficient (Wildman–Crippen LogP) is 3.90. The van der Waals surface area contributed by atoms with E-state index in [0.29, 0.717) is 21.7 Å². The molecule has 214 valence electrons. The second-order valence-electron chi connectivity index (χ2n) is 9.61. The van der Waals surface area contributed by atoms with Crippen molar-refractivity contribution in [1.29, 1.82) is 0 Å². The van der Waals surface area contributed by atoms with Crippen molar-refractivity contribution < 1.29 is 31.5 Å². The maximum absolute atomic E-state index is 14.0. The highest BCUT2D eigenvalue weighted by atomic mass is 32.2. The fourth-order valence-corrected chi connectivity index (χ4v) is 5.00. The molecule has 1 N–H and O–H groups in total. The average molecular weight is 574 g/mol. The summed E-state index contributed by atoms with van der Waals surface area (Å²) in [6, 6.07) is 17.4. The topological polar surface area (TPSA) is 96.0 Å². The van der Waals surface area contributed by atoms with Gasteiger partial charge in [0.1, 0.15) is 18.3 Å². The number of ether oxygens (including phenoxy) is 1. The Bertz CT molecular complexity index is 1430. The number of benzene rings is 3. The number of hydrogen-bond acceptors (Lipinski definition) is 5. The SMILES string of the molecule is COc1cccc(CN(C(=O)CN(c2ccc(F)c(F)c2)S(C)(=O)=O)[C@@H](Cc2ccccc2)C(=O)NC(C)C)c1. The van der Waals surface area contributed by atoms with E-state index in [4.69, 9.17) is 4.74 Å². The molecule has 0 spiro atoms. The molecule has 8 nitrogen and oxygen atoms in total. The van der Waals surface area contributed by atoms with E-state index < -0.39 is 46.1 Å².